The fourth-order valence-electron chi connectivity index (χ4n) is 7.61. The number of nitrogens with one attached hydrogen (secondary N) is 1. The standard InChI is InChI=1S/C35H45N3O6S/c1-24-10-14-29-25(18-24)8-7-16-35(29)22-38-20-27-11-13-28(27)31(43-3)9-5-4-6-17-45(41,36-33(39)21-42-2)37-34(40)26-12-15-32(44-23-35)30(38)19-26/h5,9-10,12,14-15,18-19,27-28,31H,4,6-8,11,13,16-17,20-23H2,1-3H3,(H,36,37,39,40,41)/b9-5+/t27-,28+,31-,35-,45?/m0/s1. The van der Waals surface area contributed by atoms with Crippen LogP contribution in [0.2, 0.25) is 0 Å². The van der Waals surface area contributed by atoms with Crippen LogP contribution in [0.4, 0.5) is 5.69 Å². The number of rotatable bonds is 4. The van der Waals surface area contributed by atoms with E-state index in [1.807, 2.05) is 12.1 Å². The first kappa shape index (κ1) is 31.8. The highest BCUT2D eigenvalue weighted by Gasteiger charge is 2.44. The van der Waals surface area contributed by atoms with E-state index < -0.39 is 21.7 Å². The summed E-state index contributed by atoms with van der Waals surface area (Å²) in [6, 6.07) is 12.2. The molecule has 0 saturated heterocycles. The Morgan fingerprint density at radius 1 is 1.18 bits per heavy atom. The Bertz CT molecular complexity index is 1600. The van der Waals surface area contributed by atoms with Crippen molar-refractivity contribution in [2.24, 2.45) is 16.2 Å². The monoisotopic (exact) mass is 635 g/mol. The minimum atomic E-state index is -3.38. The summed E-state index contributed by atoms with van der Waals surface area (Å²) in [4.78, 5) is 28.4. The molecular weight excluding hydrogens is 590 g/mol. The van der Waals surface area contributed by atoms with E-state index in [2.05, 4.69) is 51.3 Å². The average molecular weight is 636 g/mol. The van der Waals surface area contributed by atoms with E-state index in [-0.39, 0.29) is 23.9 Å². The number of carbonyl (C=O) groups is 2. The van der Waals surface area contributed by atoms with Crippen molar-refractivity contribution in [2.45, 2.75) is 63.4 Å². The number of methoxy groups -OCH3 is 2. The highest BCUT2D eigenvalue weighted by atomic mass is 32.2. The first-order chi connectivity index (χ1) is 21.7. The van der Waals surface area contributed by atoms with Gasteiger partial charge < -0.3 is 19.1 Å². The Hall–Kier alpha value is -3.21. The summed E-state index contributed by atoms with van der Waals surface area (Å²) in [5.74, 6) is 0.383. The molecule has 2 aliphatic carbocycles. The third-order valence-electron chi connectivity index (χ3n) is 10.00. The van der Waals surface area contributed by atoms with Crippen molar-refractivity contribution in [1.82, 2.24) is 4.72 Å². The van der Waals surface area contributed by atoms with Crippen molar-refractivity contribution in [3.63, 3.8) is 0 Å². The summed E-state index contributed by atoms with van der Waals surface area (Å²) in [7, 11) is -0.226. The lowest BCUT2D eigenvalue weighted by atomic mass is 9.68. The normalized spacial score (nSPS) is 30.5. The van der Waals surface area contributed by atoms with Gasteiger partial charge in [-0.3, -0.25) is 14.3 Å². The average Bonchev–Trinajstić information content (AvgIpc) is 3.14. The maximum atomic E-state index is 13.9. The second-order valence-corrected chi connectivity index (χ2v) is 15.2. The fourth-order valence-corrected chi connectivity index (χ4v) is 9.20. The molecule has 0 radical (unpaired) electrons. The molecular formula is C35H45N3O6S. The molecule has 6 rings (SSSR count). The van der Waals surface area contributed by atoms with Gasteiger partial charge in [0.2, 0.25) is 0 Å². The van der Waals surface area contributed by atoms with E-state index in [1.54, 1.807) is 13.2 Å². The predicted octanol–water partition coefficient (Wildman–Crippen LogP) is 5.15. The number of hydrogen-bond donors (Lipinski definition) is 1. The number of aryl methyl sites for hydroxylation is 2. The van der Waals surface area contributed by atoms with Crippen LogP contribution in [0.3, 0.4) is 0 Å². The number of allylic oxidation sites excluding steroid dienone is 1. The number of ether oxygens (including phenoxy) is 3. The Kier molecular flexibility index (Phi) is 9.36. The first-order valence-corrected chi connectivity index (χ1v) is 17.8. The summed E-state index contributed by atoms with van der Waals surface area (Å²) < 4.78 is 38.0. The van der Waals surface area contributed by atoms with Crippen LogP contribution in [0, 0.1) is 18.8 Å². The summed E-state index contributed by atoms with van der Waals surface area (Å²) in [5, 5.41) is 0. The van der Waals surface area contributed by atoms with Gasteiger partial charge in [-0.1, -0.05) is 35.9 Å². The van der Waals surface area contributed by atoms with Crippen LogP contribution in [0.15, 0.2) is 52.9 Å². The number of fused-ring (bicyclic) bond motifs is 4. The zero-order valence-electron chi connectivity index (χ0n) is 26.6. The molecule has 2 aliphatic heterocycles. The summed E-state index contributed by atoms with van der Waals surface area (Å²) in [5.41, 5.74) is 5.01. The van der Waals surface area contributed by atoms with Gasteiger partial charge in [0.15, 0.2) is 0 Å². The molecule has 0 aromatic heterocycles. The Balaban J connectivity index is 1.43. The Morgan fingerprint density at radius 2 is 2.04 bits per heavy atom. The molecule has 1 spiro atoms. The van der Waals surface area contributed by atoms with Gasteiger partial charge in [0.05, 0.1) is 24.2 Å². The lowest BCUT2D eigenvalue weighted by molar-refractivity contribution is -0.122. The van der Waals surface area contributed by atoms with Crippen molar-refractivity contribution in [3.05, 3.63) is 70.8 Å². The molecule has 9 nitrogen and oxygen atoms in total. The molecule has 45 heavy (non-hydrogen) atoms. The molecule has 2 bridgehead atoms. The molecule has 2 aromatic carbocycles. The van der Waals surface area contributed by atoms with Gasteiger partial charge in [0, 0.05) is 38.3 Å². The summed E-state index contributed by atoms with van der Waals surface area (Å²) in [6.45, 7) is 4.02. The molecule has 242 valence electrons. The smallest absolute Gasteiger partial charge is 0.286 e. The van der Waals surface area contributed by atoms with Gasteiger partial charge in [0.25, 0.3) is 11.8 Å². The highest BCUT2D eigenvalue weighted by Crippen LogP contribution is 2.46. The molecule has 10 heteroatoms. The molecule has 2 aromatic rings. The lowest BCUT2D eigenvalue weighted by Crippen LogP contribution is -2.49. The second-order valence-electron chi connectivity index (χ2n) is 13.1. The van der Waals surface area contributed by atoms with E-state index in [4.69, 9.17) is 14.2 Å². The van der Waals surface area contributed by atoms with Crippen molar-refractivity contribution >= 4 is 27.4 Å². The summed E-state index contributed by atoms with van der Waals surface area (Å²) >= 11 is 0. The first-order valence-electron chi connectivity index (χ1n) is 16.1. The molecule has 2 heterocycles. The van der Waals surface area contributed by atoms with Crippen LogP contribution in [-0.4, -0.2) is 68.4 Å². The number of carbonyl (C=O) groups excluding carboxylic acids is 2. The molecule has 1 saturated carbocycles. The van der Waals surface area contributed by atoms with Crippen LogP contribution < -0.4 is 14.4 Å². The van der Waals surface area contributed by atoms with Crippen LogP contribution in [0.25, 0.3) is 0 Å². The quantitative estimate of drug-likeness (QED) is 0.464. The molecule has 1 unspecified atom stereocenters. The third-order valence-corrected chi connectivity index (χ3v) is 11.8. The van der Waals surface area contributed by atoms with Gasteiger partial charge in [-0.05, 0) is 93.0 Å². The topological polar surface area (TPSA) is 107 Å². The summed E-state index contributed by atoms with van der Waals surface area (Å²) in [6.07, 6.45) is 10.7. The van der Waals surface area contributed by atoms with Crippen molar-refractivity contribution < 1.29 is 28.0 Å². The van der Waals surface area contributed by atoms with Crippen LogP contribution >= 0.6 is 0 Å². The number of anilines is 1. The Morgan fingerprint density at radius 3 is 2.82 bits per heavy atom. The Labute approximate surface area is 267 Å². The molecule has 4 aliphatic rings. The third kappa shape index (κ3) is 6.69. The largest absolute Gasteiger partial charge is 0.490 e. The van der Waals surface area contributed by atoms with Crippen LogP contribution in [0.1, 0.15) is 65.6 Å². The second kappa shape index (κ2) is 13.3. The van der Waals surface area contributed by atoms with Gasteiger partial charge in [0.1, 0.15) is 22.3 Å². The minimum Gasteiger partial charge on any atom is -0.490 e. The van der Waals surface area contributed by atoms with Gasteiger partial charge in [-0.25, -0.2) is 4.21 Å². The maximum Gasteiger partial charge on any atom is 0.286 e. The van der Waals surface area contributed by atoms with Gasteiger partial charge in [-0.15, -0.1) is 4.36 Å². The number of amides is 2. The van der Waals surface area contributed by atoms with Crippen LogP contribution in [0.5, 0.6) is 5.75 Å². The lowest BCUT2D eigenvalue weighted by Gasteiger charge is -2.46. The zero-order valence-corrected chi connectivity index (χ0v) is 27.4. The van der Waals surface area contributed by atoms with E-state index in [1.165, 1.54) is 23.8 Å². The van der Waals surface area contributed by atoms with Crippen molar-refractivity contribution in [1.29, 1.82) is 0 Å². The van der Waals surface area contributed by atoms with E-state index in [9.17, 15) is 13.8 Å². The number of nitrogens with zero attached hydrogens (tertiary/aromatic N) is 2. The van der Waals surface area contributed by atoms with E-state index >= 15 is 0 Å². The van der Waals surface area contributed by atoms with Gasteiger partial charge in [-0.2, -0.15) is 0 Å². The number of benzene rings is 2. The molecule has 1 fully saturated rings. The van der Waals surface area contributed by atoms with E-state index in [0.717, 1.165) is 56.6 Å². The fraction of sp³-hybridized carbons (Fsp3) is 0.543. The highest BCUT2D eigenvalue weighted by molar-refractivity contribution is 7.92. The van der Waals surface area contributed by atoms with Crippen LogP contribution in [-0.2, 0) is 36.0 Å². The van der Waals surface area contributed by atoms with Crippen molar-refractivity contribution in [3.8, 4) is 5.75 Å². The molecule has 5 atom stereocenters. The minimum absolute atomic E-state index is 0.0185. The van der Waals surface area contributed by atoms with Crippen molar-refractivity contribution in [2.75, 3.05) is 51.2 Å². The molecule has 1 N–H and O–H groups in total. The predicted molar refractivity (Wildman–Crippen MR) is 175 cm³/mol. The van der Waals surface area contributed by atoms with Gasteiger partial charge >= 0.3 is 0 Å². The molecule has 2 amide bonds. The zero-order chi connectivity index (χ0) is 31.6. The van der Waals surface area contributed by atoms with E-state index in [0.29, 0.717) is 36.8 Å². The SMILES string of the molecule is COCC(=O)NS1(=O)=NC(=O)c2ccc3c(c2)N(C[C@@H]2CC[C@H]2[C@@H](OC)/C=C/CCC1)C[C@@]1(CCCc2cc(C)ccc21)CO3. The maximum absolute atomic E-state index is 13.9. The number of hydrogen-bond acceptors (Lipinski definition) is 7.